The topological polar surface area (TPSA) is 0 Å². The monoisotopic (exact) mass is 142 g/mol. The lowest BCUT2D eigenvalue weighted by Crippen LogP contribution is -1.66. The van der Waals surface area contributed by atoms with Gasteiger partial charge in [-0.2, -0.15) is 0 Å². The van der Waals surface area contributed by atoms with Crippen molar-refractivity contribution in [3.63, 3.8) is 0 Å². The molecular weight excluding hydrogens is 128 g/mol. The molecule has 0 N–H and O–H groups in total. The Kier molecular flexibility index (Phi) is 5.85. The van der Waals surface area contributed by atoms with Crippen LogP contribution < -0.4 is 0 Å². The van der Waals surface area contributed by atoms with Crippen LogP contribution in [0.15, 0.2) is 23.6 Å². The molecule has 0 radical (unpaired) electrons. The molecule has 0 aromatic heterocycles. The summed E-state index contributed by atoms with van der Waals surface area (Å²) >= 11 is 1.80. The van der Waals surface area contributed by atoms with Crippen molar-refractivity contribution in [1.82, 2.24) is 0 Å². The summed E-state index contributed by atoms with van der Waals surface area (Å²) in [7, 11) is 0. The predicted molar refractivity (Wildman–Crippen MR) is 46.7 cm³/mol. The fourth-order valence-corrected chi connectivity index (χ4v) is 0.772. The van der Waals surface area contributed by atoms with Crippen LogP contribution in [0.25, 0.3) is 0 Å². The Morgan fingerprint density at radius 2 is 2.22 bits per heavy atom. The van der Waals surface area contributed by atoms with Gasteiger partial charge >= 0.3 is 0 Å². The number of hydrogen-bond acceptors (Lipinski definition) is 1. The maximum Gasteiger partial charge on any atom is -0.0140 e. The van der Waals surface area contributed by atoms with Crippen molar-refractivity contribution in [2.24, 2.45) is 0 Å². The van der Waals surface area contributed by atoms with E-state index in [0.29, 0.717) is 0 Å². The summed E-state index contributed by atoms with van der Waals surface area (Å²) in [6.07, 6.45) is 8.52. The quantitative estimate of drug-likeness (QED) is 0.429. The van der Waals surface area contributed by atoms with E-state index < -0.39 is 0 Å². The van der Waals surface area contributed by atoms with Gasteiger partial charge in [-0.1, -0.05) is 12.2 Å². The summed E-state index contributed by atoms with van der Waals surface area (Å²) in [5.41, 5.74) is 0. The van der Waals surface area contributed by atoms with Gasteiger partial charge in [0.05, 0.1) is 0 Å². The van der Waals surface area contributed by atoms with E-state index in [-0.39, 0.29) is 0 Å². The van der Waals surface area contributed by atoms with Crippen molar-refractivity contribution < 1.29 is 0 Å². The van der Waals surface area contributed by atoms with E-state index in [1.807, 2.05) is 6.08 Å². The molecule has 0 atom stereocenters. The van der Waals surface area contributed by atoms with E-state index in [1.54, 1.807) is 11.8 Å². The van der Waals surface area contributed by atoms with Crippen molar-refractivity contribution in [1.29, 1.82) is 0 Å². The molecule has 0 fully saturated rings. The molecule has 0 amide bonds. The summed E-state index contributed by atoms with van der Waals surface area (Å²) in [6.45, 7) is 5.78. The third kappa shape index (κ3) is 5.71. The second-order valence-corrected chi connectivity index (χ2v) is 2.94. The van der Waals surface area contributed by atoms with Gasteiger partial charge in [0.15, 0.2) is 0 Å². The summed E-state index contributed by atoms with van der Waals surface area (Å²) in [5, 5.41) is 0. The second kappa shape index (κ2) is 5.96. The van der Waals surface area contributed by atoms with Crippen LogP contribution in [0.2, 0.25) is 0 Å². The first kappa shape index (κ1) is 8.83. The van der Waals surface area contributed by atoms with Gasteiger partial charge in [-0.15, -0.1) is 18.3 Å². The summed E-state index contributed by atoms with van der Waals surface area (Å²) < 4.78 is 0. The molecular formula is C8H14S. The van der Waals surface area contributed by atoms with E-state index in [2.05, 4.69) is 25.8 Å². The Morgan fingerprint density at radius 3 is 2.67 bits per heavy atom. The maximum atomic E-state index is 3.65. The maximum absolute atomic E-state index is 3.65. The largest absolute Gasteiger partial charge is 0.135 e. The smallest absolute Gasteiger partial charge is 0.0140 e. The van der Waals surface area contributed by atoms with Gasteiger partial charge in [-0.05, 0) is 30.9 Å². The first-order chi connectivity index (χ1) is 4.31. The van der Waals surface area contributed by atoms with Gasteiger partial charge in [0.2, 0.25) is 0 Å². The third-order valence-corrected chi connectivity index (χ3v) is 1.94. The van der Waals surface area contributed by atoms with Crippen molar-refractivity contribution in [2.45, 2.75) is 19.8 Å². The SMILES string of the molecule is C=CCC/C=C(\C)SC. The van der Waals surface area contributed by atoms with Crippen LogP contribution in [-0.4, -0.2) is 6.26 Å². The standard InChI is InChI=1S/C8H14S/c1-4-5-6-7-8(2)9-3/h4,7H,1,5-6H2,2-3H3/b8-7+. The average molecular weight is 142 g/mol. The molecule has 0 bridgehead atoms. The highest BCUT2D eigenvalue weighted by Gasteiger charge is 1.81. The molecule has 0 heterocycles. The van der Waals surface area contributed by atoms with Gasteiger partial charge < -0.3 is 0 Å². The summed E-state index contributed by atoms with van der Waals surface area (Å²) in [4.78, 5) is 1.40. The molecule has 0 aliphatic carbocycles. The lowest BCUT2D eigenvalue weighted by molar-refractivity contribution is 1.05. The number of thioether (sulfide) groups is 1. The molecule has 0 aliphatic rings. The average Bonchev–Trinajstić information content (AvgIpc) is 1.89. The van der Waals surface area contributed by atoms with Crippen LogP contribution in [0.3, 0.4) is 0 Å². The van der Waals surface area contributed by atoms with E-state index in [1.165, 1.54) is 4.91 Å². The third-order valence-electron chi connectivity index (χ3n) is 1.12. The van der Waals surface area contributed by atoms with E-state index in [0.717, 1.165) is 12.8 Å². The highest BCUT2D eigenvalue weighted by atomic mass is 32.2. The van der Waals surface area contributed by atoms with Crippen molar-refractivity contribution >= 4 is 11.8 Å². The molecule has 0 nitrogen and oxygen atoms in total. The summed E-state index contributed by atoms with van der Waals surface area (Å²) in [5.74, 6) is 0. The number of allylic oxidation sites excluding steroid dienone is 3. The molecule has 0 aromatic carbocycles. The second-order valence-electron chi connectivity index (χ2n) is 1.88. The molecule has 52 valence electrons. The zero-order chi connectivity index (χ0) is 7.11. The van der Waals surface area contributed by atoms with E-state index in [4.69, 9.17) is 0 Å². The van der Waals surface area contributed by atoms with Crippen LogP contribution in [0.1, 0.15) is 19.8 Å². The minimum absolute atomic E-state index is 1.10. The normalized spacial score (nSPS) is 11.6. The van der Waals surface area contributed by atoms with Crippen molar-refractivity contribution in [3.8, 4) is 0 Å². The highest BCUT2D eigenvalue weighted by molar-refractivity contribution is 8.02. The van der Waals surface area contributed by atoms with Crippen LogP contribution in [0.4, 0.5) is 0 Å². The van der Waals surface area contributed by atoms with Gasteiger partial charge in [0.25, 0.3) is 0 Å². The van der Waals surface area contributed by atoms with Crippen LogP contribution in [-0.2, 0) is 0 Å². The number of rotatable bonds is 4. The first-order valence-electron chi connectivity index (χ1n) is 3.13. The molecule has 0 unspecified atom stereocenters. The molecule has 0 spiro atoms. The lowest BCUT2D eigenvalue weighted by atomic mass is 10.3. The molecule has 0 saturated heterocycles. The highest BCUT2D eigenvalue weighted by Crippen LogP contribution is 2.10. The Hall–Kier alpha value is -0.170. The first-order valence-corrected chi connectivity index (χ1v) is 4.35. The van der Waals surface area contributed by atoms with E-state index in [9.17, 15) is 0 Å². The molecule has 0 aliphatic heterocycles. The van der Waals surface area contributed by atoms with Gasteiger partial charge in [-0.3, -0.25) is 0 Å². The molecule has 1 heteroatoms. The summed E-state index contributed by atoms with van der Waals surface area (Å²) in [6, 6.07) is 0. The zero-order valence-electron chi connectivity index (χ0n) is 6.18. The Bertz CT molecular complexity index is 103. The Labute approximate surface area is 62.0 Å². The molecule has 0 rings (SSSR count). The van der Waals surface area contributed by atoms with Crippen molar-refractivity contribution in [2.75, 3.05) is 6.26 Å². The molecule has 9 heavy (non-hydrogen) atoms. The zero-order valence-corrected chi connectivity index (χ0v) is 7.00. The lowest BCUT2D eigenvalue weighted by Gasteiger charge is -1.91. The van der Waals surface area contributed by atoms with Gasteiger partial charge in [0, 0.05) is 0 Å². The van der Waals surface area contributed by atoms with Gasteiger partial charge in [0.1, 0.15) is 0 Å². The Balaban J connectivity index is 3.31. The fraction of sp³-hybridized carbons (Fsp3) is 0.500. The minimum atomic E-state index is 1.10. The Morgan fingerprint density at radius 1 is 1.56 bits per heavy atom. The van der Waals surface area contributed by atoms with Crippen LogP contribution in [0.5, 0.6) is 0 Å². The van der Waals surface area contributed by atoms with Crippen LogP contribution in [0, 0.1) is 0 Å². The van der Waals surface area contributed by atoms with Gasteiger partial charge in [-0.25, -0.2) is 0 Å². The number of hydrogen-bond donors (Lipinski definition) is 0. The molecule has 0 saturated carbocycles. The van der Waals surface area contributed by atoms with Crippen LogP contribution >= 0.6 is 11.8 Å². The predicted octanol–water partition coefficient (Wildman–Crippen LogP) is 3.22. The minimum Gasteiger partial charge on any atom is -0.135 e. The number of unbranched alkanes of at least 4 members (excludes halogenated alkanes) is 1. The fourth-order valence-electron chi connectivity index (χ4n) is 0.488. The molecule has 0 aromatic rings. The van der Waals surface area contributed by atoms with Crippen molar-refractivity contribution in [3.05, 3.63) is 23.6 Å². The van der Waals surface area contributed by atoms with E-state index >= 15 is 0 Å².